The minimum Gasteiger partial charge on any atom is -0.457 e. The molecule has 0 atom stereocenters. The van der Waals surface area contributed by atoms with Gasteiger partial charge in [-0.05, 0) is 36.4 Å². The summed E-state index contributed by atoms with van der Waals surface area (Å²) in [4.78, 5) is 14.9. The first-order valence-electron chi connectivity index (χ1n) is 7.09. The number of hydrogen-bond donors (Lipinski definition) is 0. The molecule has 1 aromatic heterocycles. The van der Waals surface area contributed by atoms with Crippen molar-refractivity contribution < 1.29 is 9.21 Å². The summed E-state index contributed by atoms with van der Waals surface area (Å²) in [6, 6.07) is 13.7. The number of carbonyl (C=O) groups is 1. The topological polar surface area (TPSA) is 33.5 Å². The Morgan fingerprint density at radius 1 is 1.23 bits per heavy atom. The van der Waals surface area contributed by atoms with Gasteiger partial charge < -0.3 is 4.42 Å². The smallest absolute Gasteiger partial charge is 0.291 e. The monoisotopic (exact) mass is 329 g/mol. The van der Waals surface area contributed by atoms with Gasteiger partial charge in [-0.1, -0.05) is 49.5 Å². The number of amides is 1. The number of rotatable bonds is 4. The maximum absolute atomic E-state index is 11.9. The third-order valence-electron chi connectivity index (χ3n) is 3.28. The lowest BCUT2D eigenvalue weighted by Crippen LogP contribution is -2.27. The second-order valence-electron chi connectivity index (χ2n) is 4.90. The molecule has 0 spiro atoms. The third kappa shape index (κ3) is 3.00. The summed E-state index contributed by atoms with van der Waals surface area (Å²) < 4.78 is 5.83. The maximum Gasteiger partial charge on any atom is 0.291 e. The second-order valence-corrected chi connectivity index (χ2v) is 6.28. The van der Waals surface area contributed by atoms with E-state index in [2.05, 4.69) is 0 Å². The van der Waals surface area contributed by atoms with Crippen LogP contribution in [0, 0.1) is 0 Å². The molecule has 112 valence electrons. The van der Waals surface area contributed by atoms with Gasteiger partial charge in [0.1, 0.15) is 16.5 Å². The van der Waals surface area contributed by atoms with E-state index in [0.717, 1.165) is 22.6 Å². The van der Waals surface area contributed by atoms with E-state index in [4.69, 9.17) is 16.6 Å². The van der Waals surface area contributed by atoms with Crippen LogP contribution in [0.3, 0.4) is 0 Å². The Balaban J connectivity index is 1.83. The van der Waals surface area contributed by atoms with Crippen LogP contribution in [-0.2, 0) is 0 Å². The fourth-order valence-corrected chi connectivity index (χ4v) is 3.50. The predicted molar refractivity (Wildman–Crippen MR) is 94.7 cm³/mol. The number of furan rings is 1. The molecule has 1 saturated heterocycles. The van der Waals surface area contributed by atoms with Gasteiger partial charge in [0.25, 0.3) is 5.24 Å². The SMILES string of the molecule is CCCN1C(=O)S/C(=C\c2ccc(-c3ccccc3)o2)C1=S. The van der Waals surface area contributed by atoms with Crippen molar-refractivity contribution in [3.8, 4) is 11.3 Å². The van der Waals surface area contributed by atoms with Crippen molar-refractivity contribution in [1.82, 2.24) is 4.90 Å². The van der Waals surface area contributed by atoms with Gasteiger partial charge in [0.05, 0.1) is 4.91 Å². The van der Waals surface area contributed by atoms with Gasteiger partial charge >= 0.3 is 0 Å². The lowest BCUT2D eigenvalue weighted by Gasteiger charge is -2.12. The Hall–Kier alpha value is -1.85. The van der Waals surface area contributed by atoms with Gasteiger partial charge in [-0.15, -0.1) is 0 Å². The Kier molecular flexibility index (Phi) is 4.45. The molecule has 2 heterocycles. The van der Waals surface area contributed by atoms with Crippen LogP contribution in [0.15, 0.2) is 51.8 Å². The molecule has 1 aliphatic heterocycles. The lowest BCUT2D eigenvalue weighted by atomic mass is 10.2. The highest BCUT2D eigenvalue weighted by Gasteiger charge is 2.31. The van der Waals surface area contributed by atoms with Gasteiger partial charge in [0, 0.05) is 12.1 Å². The summed E-state index contributed by atoms with van der Waals surface area (Å²) >= 11 is 6.55. The fraction of sp³-hybridized carbons (Fsp3) is 0.176. The van der Waals surface area contributed by atoms with Crippen molar-refractivity contribution in [2.45, 2.75) is 13.3 Å². The highest BCUT2D eigenvalue weighted by atomic mass is 32.2. The Morgan fingerprint density at radius 2 is 2.00 bits per heavy atom. The molecule has 0 saturated carbocycles. The molecule has 0 aliphatic carbocycles. The Bertz CT molecular complexity index is 734. The zero-order chi connectivity index (χ0) is 15.5. The quantitative estimate of drug-likeness (QED) is 0.571. The van der Waals surface area contributed by atoms with E-state index in [1.165, 1.54) is 11.8 Å². The van der Waals surface area contributed by atoms with Crippen LogP contribution in [-0.4, -0.2) is 21.7 Å². The molecule has 3 nitrogen and oxygen atoms in total. The summed E-state index contributed by atoms with van der Waals surface area (Å²) in [5, 5.41) is -0.00654. The number of benzene rings is 1. The molecule has 0 N–H and O–H groups in total. The van der Waals surface area contributed by atoms with Crippen LogP contribution in [0.5, 0.6) is 0 Å². The van der Waals surface area contributed by atoms with Gasteiger partial charge in [-0.2, -0.15) is 0 Å². The molecule has 0 radical (unpaired) electrons. The van der Waals surface area contributed by atoms with Gasteiger partial charge in [-0.3, -0.25) is 9.69 Å². The molecular formula is C17H15NO2S2. The number of nitrogens with zero attached hydrogens (tertiary/aromatic N) is 1. The molecule has 0 bridgehead atoms. The van der Waals surface area contributed by atoms with E-state index in [0.29, 0.717) is 17.3 Å². The van der Waals surface area contributed by atoms with Crippen LogP contribution in [0.2, 0.25) is 0 Å². The normalized spacial score (nSPS) is 16.8. The second kappa shape index (κ2) is 6.50. The molecule has 22 heavy (non-hydrogen) atoms. The number of hydrogen-bond acceptors (Lipinski definition) is 4. The van der Waals surface area contributed by atoms with Gasteiger partial charge in [0.15, 0.2) is 0 Å². The van der Waals surface area contributed by atoms with E-state index in [-0.39, 0.29) is 5.24 Å². The van der Waals surface area contributed by atoms with E-state index < -0.39 is 0 Å². The summed E-state index contributed by atoms with van der Waals surface area (Å²) in [5.74, 6) is 1.51. The summed E-state index contributed by atoms with van der Waals surface area (Å²) in [5.41, 5.74) is 1.03. The maximum atomic E-state index is 11.9. The van der Waals surface area contributed by atoms with Crippen LogP contribution < -0.4 is 0 Å². The summed E-state index contributed by atoms with van der Waals surface area (Å²) in [6.45, 7) is 2.69. The zero-order valence-corrected chi connectivity index (χ0v) is 13.7. The Morgan fingerprint density at radius 3 is 2.73 bits per heavy atom. The van der Waals surface area contributed by atoms with Crippen molar-refractivity contribution in [3.05, 3.63) is 53.1 Å². The molecule has 2 aromatic rings. The van der Waals surface area contributed by atoms with Crippen LogP contribution in [0.4, 0.5) is 4.79 Å². The molecule has 5 heteroatoms. The van der Waals surface area contributed by atoms with Gasteiger partial charge in [-0.25, -0.2) is 0 Å². The number of thiocarbonyl (C=S) groups is 1. The van der Waals surface area contributed by atoms with E-state index in [1.54, 1.807) is 4.90 Å². The van der Waals surface area contributed by atoms with E-state index >= 15 is 0 Å². The molecule has 1 aliphatic rings. The molecule has 0 unspecified atom stereocenters. The van der Waals surface area contributed by atoms with Crippen LogP contribution in [0.1, 0.15) is 19.1 Å². The lowest BCUT2D eigenvalue weighted by molar-refractivity contribution is 0.245. The predicted octanol–water partition coefficient (Wildman–Crippen LogP) is 5.19. The average molecular weight is 329 g/mol. The highest BCUT2D eigenvalue weighted by molar-refractivity contribution is 8.19. The van der Waals surface area contributed by atoms with Crippen LogP contribution in [0.25, 0.3) is 17.4 Å². The third-order valence-corrected chi connectivity index (χ3v) is 4.77. The van der Waals surface area contributed by atoms with Crippen LogP contribution >= 0.6 is 24.0 Å². The summed E-state index contributed by atoms with van der Waals surface area (Å²) in [6.07, 6.45) is 2.73. The van der Waals surface area contributed by atoms with Crippen molar-refractivity contribution in [1.29, 1.82) is 0 Å². The average Bonchev–Trinajstić information content (AvgIpc) is 3.09. The first kappa shape index (κ1) is 15.1. The first-order chi connectivity index (χ1) is 10.7. The zero-order valence-electron chi connectivity index (χ0n) is 12.1. The number of carbonyl (C=O) groups excluding carboxylic acids is 1. The molecule has 1 fully saturated rings. The van der Waals surface area contributed by atoms with Crippen molar-refractivity contribution >= 4 is 40.3 Å². The van der Waals surface area contributed by atoms with E-state index in [1.807, 2.05) is 55.5 Å². The molecule has 3 rings (SSSR count). The van der Waals surface area contributed by atoms with Crippen molar-refractivity contribution in [2.24, 2.45) is 0 Å². The largest absolute Gasteiger partial charge is 0.457 e. The fourth-order valence-electron chi connectivity index (χ4n) is 2.23. The minimum absolute atomic E-state index is 0.00654. The molecular weight excluding hydrogens is 314 g/mol. The number of thioether (sulfide) groups is 1. The van der Waals surface area contributed by atoms with Crippen molar-refractivity contribution in [3.63, 3.8) is 0 Å². The molecule has 1 amide bonds. The molecule has 1 aromatic carbocycles. The summed E-state index contributed by atoms with van der Waals surface area (Å²) in [7, 11) is 0. The van der Waals surface area contributed by atoms with Crippen molar-refractivity contribution in [2.75, 3.05) is 6.54 Å². The standard InChI is InChI=1S/C17H15NO2S2/c1-2-10-18-16(21)15(22-17(18)19)11-13-8-9-14(20-13)12-6-4-3-5-7-12/h3-9,11H,2,10H2,1H3/b15-11-. The van der Waals surface area contributed by atoms with E-state index in [9.17, 15) is 4.79 Å². The first-order valence-corrected chi connectivity index (χ1v) is 8.32. The highest BCUT2D eigenvalue weighted by Crippen LogP contribution is 2.34. The Labute approximate surface area is 139 Å². The minimum atomic E-state index is -0.00654. The van der Waals surface area contributed by atoms with Gasteiger partial charge in [0.2, 0.25) is 0 Å².